The van der Waals surface area contributed by atoms with Gasteiger partial charge in [0, 0.05) is 30.9 Å². The van der Waals surface area contributed by atoms with Crippen molar-refractivity contribution in [3.8, 4) is 11.5 Å². The highest BCUT2D eigenvalue weighted by molar-refractivity contribution is 7.49. The molecule has 1 atom stereocenters. The Balaban J connectivity index is 1.45. The van der Waals surface area contributed by atoms with Crippen LogP contribution in [-0.2, 0) is 25.2 Å². The molecule has 0 spiro atoms. The van der Waals surface area contributed by atoms with Gasteiger partial charge in [-0.15, -0.1) is 0 Å². The summed E-state index contributed by atoms with van der Waals surface area (Å²) < 4.78 is 43.1. The summed E-state index contributed by atoms with van der Waals surface area (Å²) in [6.45, 7) is 2.99. The maximum Gasteiger partial charge on any atom is 0.587 e. The lowest BCUT2D eigenvalue weighted by Gasteiger charge is -2.23. The van der Waals surface area contributed by atoms with E-state index in [9.17, 15) is 24.8 Å². The first-order valence-corrected chi connectivity index (χ1v) is 20.6. The Morgan fingerprint density at radius 2 is 1.02 bits per heavy atom. The Morgan fingerprint density at radius 3 is 1.45 bits per heavy atom. The molecular weight excluding hydrogens is 699 g/mol. The number of hydrogen-bond acceptors (Lipinski definition) is 10. The van der Waals surface area contributed by atoms with Gasteiger partial charge in [-0.3, -0.25) is 24.8 Å². The minimum Gasteiger partial charge on any atom is -0.395 e. The molecule has 0 fully saturated rings. The molecular formula is C40H57N2O10P. The maximum atomic E-state index is 14.0. The SMILES string of the molecule is CCCCCCCCCCCCCCCCCCOC[C@@H](COP(=O)(Oc1ccc([N+](=O)[O-])cc1)Oc1ccc([N+](=O)[O-])cc1)OCc1ccccc1. The van der Waals surface area contributed by atoms with Crippen LogP contribution in [0.4, 0.5) is 11.4 Å². The van der Waals surface area contributed by atoms with Crippen molar-refractivity contribution < 1.29 is 37.5 Å². The van der Waals surface area contributed by atoms with Gasteiger partial charge in [0.05, 0.1) is 29.7 Å². The van der Waals surface area contributed by atoms with E-state index in [-0.39, 0.29) is 42.7 Å². The standard InChI is InChI=1S/C40H57N2O10P/c1-2-3-4-5-6-7-8-9-10-11-12-13-14-15-16-20-31-48-33-40(49-32-35-21-18-17-19-22-35)34-50-53(47,51-38-27-23-36(24-28-38)41(43)44)52-39-29-25-37(26-30-39)42(45)46/h17-19,21-30,40H,2-16,20,31-34H2,1H3/t40-/m0/s1. The van der Waals surface area contributed by atoms with E-state index < -0.39 is 23.8 Å². The third kappa shape index (κ3) is 19.2. The first-order chi connectivity index (χ1) is 25.8. The molecule has 0 bridgehead atoms. The Labute approximate surface area is 314 Å². The molecule has 0 aliphatic heterocycles. The number of unbranched alkanes of at least 4 members (excludes halogenated alkanes) is 15. The van der Waals surface area contributed by atoms with E-state index in [1.165, 1.54) is 138 Å². The van der Waals surface area contributed by atoms with E-state index in [0.717, 1.165) is 18.4 Å². The van der Waals surface area contributed by atoms with Gasteiger partial charge >= 0.3 is 7.82 Å². The summed E-state index contributed by atoms with van der Waals surface area (Å²) in [6, 6.07) is 19.5. The maximum absolute atomic E-state index is 14.0. The van der Waals surface area contributed by atoms with Crippen LogP contribution in [0, 0.1) is 20.2 Å². The van der Waals surface area contributed by atoms with Crippen molar-refractivity contribution >= 4 is 19.2 Å². The molecule has 292 valence electrons. The molecule has 0 saturated carbocycles. The quantitative estimate of drug-likeness (QED) is 0.0268. The lowest BCUT2D eigenvalue weighted by Crippen LogP contribution is -2.26. The van der Waals surface area contributed by atoms with Gasteiger partial charge in [0.15, 0.2) is 0 Å². The Morgan fingerprint density at radius 1 is 0.585 bits per heavy atom. The molecule has 0 saturated heterocycles. The lowest BCUT2D eigenvalue weighted by atomic mass is 10.0. The molecule has 0 aliphatic carbocycles. The van der Waals surface area contributed by atoms with Gasteiger partial charge in [0.2, 0.25) is 0 Å². The average molecular weight is 757 g/mol. The van der Waals surface area contributed by atoms with Crippen LogP contribution in [0.15, 0.2) is 78.9 Å². The molecule has 0 aliphatic rings. The van der Waals surface area contributed by atoms with Gasteiger partial charge in [-0.1, -0.05) is 134 Å². The number of rotatable bonds is 31. The number of nitro benzene ring substituents is 2. The number of nitro groups is 2. The van der Waals surface area contributed by atoms with Gasteiger partial charge in [-0.05, 0) is 36.2 Å². The van der Waals surface area contributed by atoms with Gasteiger partial charge in [0.25, 0.3) is 11.4 Å². The largest absolute Gasteiger partial charge is 0.587 e. The van der Waals surface area contributed by atoms with Crippen LogP contribution in [0.2, 0.25) is 0 Å². The Hall–Kier alpha value is -3.83. The molecule has 0 aromatic heterocycles. The zero-order valence-electron chi connectivity index (χ0n) is 31.1. The van der Waals surface area contributed by atoms with Crippen LogP contribution in [0.3, 0.4) is 0 Å². The average Bonchev–Trinajstić information content (AvgIpc) is 3.16. The van der Waals surface area contributed by atoms with Crippen LogP contribution in [0.1, 0.15) is 115 Å². The Kier molecular flexibility index (Phi) is 21.4. The molecule has 0 heterocycles. The number of phosphoric ester groups is 1. The third-order valence-electron chi connectivity index (χ3n) is 8.72. The molecule has 12 nitrogen and oxygen atoms in total. The van der Waals surface area contributed by atoms with E-state index in [1.807, 2.05) is 30.3 Å². The van der Waals surface area contributed by atoms with Crippen molar-refractivity contribution in [2.75, 3.05) is 19.8 Å². The number of ether oxygens (including phenoxy) is 2. The monoisotopic (exact) mass is 756 g/mol. The van der Waals surface area contributed by atoms with E-state index in [2.05, 4.69) is 6.92 Å². The number of benzene rings is 3. The lowest BCUT2D eigenvalue weighted by molar-refractivity contribution is -0.385. The number of nitrogens with zero attached hydrogens (tertiary/aromatic N) is 2. The first kappa shape index (κ1) is 43.6. The van der Waals surface area contributed by atoms with E-state index in [4.69, 9.17) is 23.0 Å². The Bertz CT molecular complexity index is 1410. The van der Waals surface area contributed by atoms with Crippen molar-refractivity contribution in [2.45, 2.75) is 122 Å². The fourth-order valence-corrected chi connectivity index (χ4v) is 6.91. The molecule has 3 aromatic rings. The third-order valence-corrected chi connectivity index (χ3v) is 10.1. The van der Waals surface area contributed by atoms with E-state index in [0.29, 0.717) is 6.61 Å². The summed E-state index contributed by atoms with van der Waals surface area (Å²) in [5, 5.41) is 22.2. The summed E-state index contributed by atoms with van der Waals surface area (Å²) in [5.41, 5.74) is 0.572. The fraction of sp³-hybridized carbons (Fsp3) is 0.550. The predicted octanol–water partition coefficient (Wildman–Crippen LogP) is 11.9. The smallest absolute Gasteiger partial charge is 0.395 e. The van der Waals surface area contributed by atoms with Crippen LogP contribution in [-0.4, -0.2) is 35.8 Å². The zero-order valence-corrected chi connectivity index (χ0v) is 32.0. The summed E-state index contributed by atoms with van der Waals surface area (Å²) >= 11 is 0. The highest BCUT2D eigenvalue weighted by Crippen LogP contribution is 2.50. The molecule has 0 radical (unpaired) electrons. The summed E-state index contributed by atoms with van der Waals surface area (Å²) in [5.74, 6) is 0.00435. The molecule has 0 amide bonds. The number of hydrogen-bond donors (Lipinski definition) is 0. The first-order valence-electron chi connectivity index (χ1n) is 19.1. The zero-order chi connectivity index (χ0) is 38.0. The molecule has 3 aromatic carbocycles. The summed E-state index contributed by atoms with van der Waals surface area (Å²) in [4.78, 5) is 21.1. The molecule has 0 unspecified atom stereocenters. The molecule has 3 rings (SSSR count). The van der Waals surface area contributed by atoms with Crippen LogP contribution in [0.5, 0.6) is 11.5 Å². The normalized spacial score (nSPS) is 12.0. The second-order valence-corrected chi connectivity index (χ2v) is 14.7. The topological polar surface area (TPSA) is 150 Å². The predicted molar refractivity (Wildman–Crippen MR) is 206 cm³/mol. The number of non-ortho nitro benzene ring substituents is 2. The van der Waals surface area contributed by atoms with Crippen molar-refractivity contribution in [2.24, 2.45) is 0 Å². The van der Waals surface area contributed by atoms with Crippen LogP contribution < -0.4 is 9.05 Å². The van der Waals surface area contributed by atoms with Gasteiger partial charge in [-0.25, -0.2) is 4.57 Å². The number of phosphoric acid groups is 1. The van der Waals surface area contributed by atoms with E-state index >= 15 is 0 Å². The summed E-state index contributed by atoms with van der Waals surface area (Å²) in [7, 11) is -4.44. The van der Waals surface area contributed by atoms with Crippen molar-refractivity contribution in [3.05, 3.63) is 105 Å². The fourth-order valence-electron chi connectivity index (χ4n) is 5.66. The van der Waals surface area contributed by atoms with Gasteiger partial charge < -0.3 is 18.5 Å². The minimum absolute atomic E-state index is 0.00217. The van der Waals surface area contributed by atoms with E-state index in [1.54, 1.807) is 0 Å². The molecule has 53 heavy (non-hydrogen) atoms. The molecule has 0 N–H and O–H groups in total. The van der Waals surface area contributed by atoms with Gasteiger partial charge in [0.1, 0.15) is 17.6 Å². The van der Waals surface area contributed by atoms with Crippen molar-refractivity contribution in [1.29, 1.82) is 0 Å². The van der Waals surface area contributed by atoms with Crippen LogP contribution >= 0.6 is 7.82 Å². The van der Waals surface area contributed by atoms with Crippen LogP contribution in [0.25, 0.3) is 0 Å². The van der Waals surface area contributed by atoms with Crippen molar-refractivity contribution in [1.82, 2.24) is 0 Å². The minimum atomic E-state index is -4.44. The second-order valence-electron chi connectivity index (χ2n) is 13.2. The summed E-state index contributed by atoms with van der Waals surface area (Å²) in [6.07, 6.45) is 20.0. The van der Waals surface area contributed by atoms with Crippen molar-refractivity contribution in [3.63, 3.8) is 0 Å². The molecule has 13 heteroatoms. The highest BCUT2D eigenvalue weighted by atomic mass is 31.2. The second kappa shape index (κ2) is 26.0. The highest BCUT2D eigenvalue weighted by Gasteiger charge is 2.33. The van der Waals surface area contributed by atoms with Gasteiger partial charge in [-0.2, -0.15) is 0 Å².